The Hall–Kier alpha value is -1.42. The van der Waals surface area contributed by atoms with E-state index in [4.69, 9.17) is 10.8 Å². The molecule has 0 spiro atoms. The van der Waals surface area contributed by atoms with Gasteiger partial charge in [0.1, 0.15) is 6.17 Å². The molecule has 16 heavy (non-hydrogen) atoms. The summed E-state index contributed by atoms with van der Waals surface area (Å²) in [5.41, 5.74) is 6.76. The maximum atomic E-state index is 13.0. The molecule has 3 nitrogen and oxygen atoms in total. The lowest BCUT2D eigenvalue weighted by Crippen LogP contribution is -2.22. The summed E-state index contributed by atoms with van der Waals surface area (Å²) in [6, 6.07) is 6.96. The molecule has 0 aliphatic carbocycles. The van der Waals surface area contributed by atoms with Gasteiger partial charge in [-0.05, 0) is 18.1 Å². The van der Waals surface area contributed by atoms with Gasteiger partial charge in [0.25, 0.3) is 0 Å². The molecular formula is C12H16FNO2. The first kappa shape index (κ1) is 12.6. The number of nitrogens with two attached hydrogens (primary N) is 1. The topological polar surface area (TPSA) is 63.3 Å². The first-order valence-corrected chi connectivity index (χ1v) is 5.21. The zero-order chi connectivity index (χ0) is 12.1. The Morgan fingerprint density at radius 3 is 2.62 bits per heavy atom. The van der Waals surface area contributed by atoms with E-state index in [0.29, 0.717) is 5.56 Å². The van der Waals surface area contributed by atoms with Crippen molar-refractivity contribution in [3.63, 3.8) is 0 Å². The van der Waals surface area contributed by atoms with Crippen LogP contribution in [0.2, 0.25) is 0 Å². The third kappa shape index (κ3) is 3.03. The Balaban J connectivity index is 3.05. The van der Waals surface area contributed by atoms with E-state index in [1.807, 2.05) is 0 Å². The summed E-state index contributed by atoms with van der Waals surface area (Å²) in [7, 11) is 0. The maximum absolute atomic E-state index is 13.0. The van der Waals surface area contributed by atoms with E-state index in [-0.39, 0.29) is 13.0 Å². The fourth-order valence-corrected chi connectivity index (χ4v) is 1.72. The number of hydrogen-bond acceptors (Lipinski definition) is 2. The third-order valence-electron chi connectivity index (χ3n) is 2.47. The van der Waals surface area contributed by atoms with Crippen LogP contribution >= 0.6 is 0 Å². The van der Waals surface area contributed by atoms with E-state index in [1.165, 1.54) is 6.92 Å². The summed E-state index contributed by atoms with van der Waals surface area (Å²) in [4.78, 5) is 11.0. The number of rotatable bonds is 5. The minimum absolute atomic E-state index is 0.0208. The summed E-state index contributed by atoms with van der Waals surface area (Å²) < 4.78 is 13.0. The van der Waals surface area contributed by atoms with Crippen molar-refractivity contribution in [2.45, 2.75) is 25.4 Å². The van der Waals surface area contributed by atoms with Crippen molar-refractivity contribution in [2.24, 2.45) is 5.73 Å². The first-order valence-electron chi connectivity index (χ1n) is 5.21. The van der Waals surface area contributed by atoms with Gasteiger partial charge in [-0.25, -0.2) is 4.39 Å². The predicted molar refractivity (Wildman–Crippen MR) is 60.1 cm³/mol. The smallest absolute Gasteiger partial charge is 0.312 e. The molecule has 1 aromatic carbocycles. The normalized spacial score (nSPS) is 14.4. The lowest BCUT2D eigenvalue weighted by Gasteiger charge is -2.15. The van der Waals surface area contributed by atoms with Gasteiger partial charge in [-0.1, -0.05) is 24.3 Å². The molecule has 1 rings (SSSR count). The molecule has 0 aromatic heterocycles. The van der Waals surface area contributed by atoms with Crippen molar-refractivity contribution in [1.82, 2.24) is 0 Å². The van der Waals surface area contributed by atoms with Gasteiger partial charge in [-0.2, -0.15) is 0 Å². The monoisotopic (exact) mass is 225 g/mol. The molecule has 0 aliphatic rings. The van der Waals surface area contributed by atoms with Crippen LogP contribution in [-0.2, 0) is 11.2 Å². The molecule has 4 heteroatoms. The minimum Gasteiger partial charge on any atom is -0.481 e. The highest BCUT2D eigenvalue weighted by molar-refractivity contribution is 5.77. The van der Waals surface area contributed by atoms with Gasteiger partial charge in [0.05, 0.1) is 5.92 Å². The van der Waals surface area contributed by atoms with Gasteiger partial charge >= 0.3 is 5.97 Å². The summed E-state index contributed by atoms with van der Waals surface area (Å²) >= 11 is 0. The van der Waals surface area contributed by atoms with Crippen molar-refractivity contribution in [2.75, 3.05) is 6.54 Å². The molecule has 0 saturated carbocycles. The maximum Gasteiger partial charge on any atom is 0.312 e. The van der Waals surface area contributed by atoms with Gasteiger partial charge < -0.3 is 10.8 Å². The fourth-order valence-electron chi connectivity index (χ4n) is 1.72. The molecule has 0 bridgehead atoms. The molecule has 0 fully saturated rings. The average Bonchev–Trinajstić information content (AvgIpc) is 2.20. The summed E-state index contributed by atoms with van der Waals surface area (Å²) in [5.74, 6) is -1.73. The van der Waals surface area contributed by atoms with E-state index in [0.717, 1.165) is 5.56 Å². The van der Waals surface area contributed by atoms with Crippen molar-refractivity contribution < 1.29 is 14.3 Å². The van der Waals surface area contributed by atoms with Gasteiger partial charge in [0, 0.05) is 13.0 Å². The quantitative estimate of drug-likeness (QED) is 0.801. The molecule has 0 radical (unpaired) electrons. The molecule has 2 atom stereocenters. The highest BCUT2D eigenvalue weighted by Gasteiger charge is 2.21. The Kier molecular flexibility index (Phi) is 4.43. The number of carboxylic acids is 1. The van der Waals surface area contributed by atoms with Crippen LogP contribution in [0.25, 0.3) is 0 Å². The standard InChI is InChI=1S/C12H16FNO2/c1-8(13)6-9-4-2-3-5-10(9)11(7-14)12(15)16/h2-5,8,11H,6-7,14H2,1H3,(H,15,16). The Morgan fingerprint density at radius 2 is 2.12 bits per heavy atom. The highest BCUT2D eigenvalue weighted by Crippen LogP contribution is 2.21. The molecule has 0 saturated heterocycles. The average molecular weight is 225 g/mol. The molecule has 0 aliphatic heterocycles. The lowest BCUT2D eigenvalue weighted by atomic mass is 9.92. The lowest BCUT2D eigenvalue weighted by molar-refractivity contribution is -0.138. The second-order valence-electron chi connectivity index (χ2n) is 3.81. The van der Waals surface area contributed by atoms with Crippen molar-refractivity contribution in [3.8, 4) is 0 Å². The largest absolute Gasteiger partial charge is 0.481 e. The number of hydrogen-bond donors (Lipinski definition) is 2. The van der Waals surface area contributed by atoms with Crippen LogP contribution in [0.3, 0.4) is 0 Å². The second-order valence-corrected chi connectivity index (χ2v) is 3.81. The molecule has 2 unspecified atom stereocenters. The van der Waals surface area contributed by atoms with Crippen LogP contribution in [0.1, 0.15) is 24.0 Å². The number of carbonyl (C=O) groups is 1. The minimum atomic E-state index is -0.992. The number of aliphatic carboxylic acids is 1. The van der Waals surface area contributed by atoms with Crippen molar-refractivity contribution in [1.29, 1.82) is 0 Å². The number of halogens is 1. The second kappa shape index (κ2) is 5.61. The number of benzene rings is 1. The SMILES string of the molecule is CC(F)Cc1ccccc1C(CN)C(=O)O. The van der Waals surface area contributed by atoms with Gasteiger partial charge in [0.2, 0.25) is 0 Å². The molecular weight excluding hydrogens is 209 g/mol. The third-order valence-corrected chi connectivity index (χ3v) is 2.47. The van der Waals surface area contributed by atoms with Crippen LogP contribution in [0.4, 0.5) is 4.39 Å². The highest BCUT2D eigenvalue weighted by atomic mass is 19.1. The van der Waals surface area contributed by atoms with E-state index in [1.54, 1.807) is 24.3 Å². The molecule has 1 aromatic rings. The first-order chi connectivity index (χ1) is 7.56. The van der Waals surface area contributed by atoms with E-state index in [9.17, 15) is 9.18 Å². The molecule has 88 valence electrons. The van der Waals surface area contributed by atoms with Crippen LogP contribution in [0.5, 0.6) is 0 Å². The summed E-state index contributed by atoms with van der Waals surface area (Å²) in [6.45, 7) is 1.47. The Morgan fingerprint density at radius 1 is 1.50 bits per heavy atom. The van der Waals surface area contributed by atoms with Crippen LogP contribution in [-0.4, -0.2) is 23.8 Å². The number of carboxylic acid groups (broad SMARTS) is 1. The zero-order valence-electron chi connectivity index (χ0n) is 9.19. The van der Waals surface area contributed by atoms with Crippen molar-refractivity contribution in [3.05, 3.63) is 35.4 Å². The van der Waals surface area contributed by atoms with E-state index >= 15 is 0 Å². The molecule has 3 N–H and O–H groups in total. The summed E-state index contributed by atoms with van der Waals surface area (Å²) in [5, 5.41) is 9.01. The predicted octanol–water partition coefficient (Wildman–Crippen LogP) is 1.71. The molecule has 0 heterocycles. The summed E-state index contributed by atoms with van der Waals surface area (Å²) in [6.07, 6.45) is -0.770. The molecule has 0 amide bonds. The fraction of sp³-hybridized carbons (Fsp3) is 0.417. The Labute approximate surface area is 94.1 Å². The van der Waals surface area contributed by atoms with E-state index < -0.39 is 18.1 Å². The zero-order valence-corrected chi connectivity index (χ0v) is 9.19. The van der Waals surface area contributed by atoms with E-state index in [2.05, 4.69) is 0 Å². The van der Waals surface area contributed by atoms with Gasteiger partial charge in [0.15, 0.2) is 0 Å². The van der Waals surface area contributed by atoms with Gasteiger partial charge in [-0.15, -0.1) is 0 Å². The number of alkyl halides is 1. The van der Waals surface area contributed by atoms with Crippen LogP contribution in [0, 0.1) is 0 Å². The van der Waals surface area contributed by atoms with Gasteiger partial charge in [-0.3, -0.25) is 4.79 Å². The van der Waals surface area contributed by atoms with Crippen LogP contribution < -0.4 is 5.73 Å². The van der Waals surface area contributed by atoms with Crippen molar-refractivity contribution >= 4 is 5.97 Å². The van der Waals surface area contributed by atoms with Crippen LogP contribution in [0.15, 0.2) is 24.3 Å². The Bertz CT molecular complexity index is 366.